The van der Waals surface area contributed by atoms with Gasteiger partial charge in [0.05, 0.1) is 18.3 Å². The lowest BCUT2D eigenvalue weighted by molar-refractivity contribution is -0.120. The lowest BCUT2D eigenvalue weighted by Crippen LogP contribution is -2.37. The third-order valence-electron chi connectivity index (χ3n) is 3.59. The third kappa shape index (κ3) is 5.14. The van der Waals surface area contributed by atoms with Gasteiger partial charge in [-0.05, 0) is 24.1 Å². The van der Waals surface area contributed by atoms with E-state index in [-0.39, 0.29) is 30.9 Å². The van der Waals surface area contributed by atoms with Crippen molar-refractivity contribution in [3.05, 3.63) is 65.7 Å². The molecule has 1 heterocycles. The second-order valence-electron chi connectivity index (χ2n) is 5.73. The minimum absolute atomic E-state index is 0.00425. The lowest BCUT2D eigenvalue weighted by Gasteiger charge is -2.21. The van der Waals surface area contributed by atoms with Gasteiger partial charge in [-0.3, -0.25) is 15.1 Å². The maximum atomic E-state index is 13.5. The minimum Gasteiger partial charge on any atom is -0.351 e. The van der Waals surface area contributed by atoms with Crippen LogP contribution in [-0.2, 0) is 11.3 Å². The van der Waals surface area contributed by atoms with Crippen LogP contribution < -0.4 is 10.6 Å². The molecule has 0 saturated carbocycles. The van der Waals surface area contributed by atoms with Crippen molar-refractivity contribution in [2.24, 2.45) is 5.92 Å². The Kier molecular flexibility index (Phi) is 6.23. The number of rotatable bonds is 7. The van der Waals surface area contributed by atoms with Crippen LogP contribution in [0.5, 0.6) is 0 Å². The second kappa shape index (κ2) is 8.39. The molecule has 2 rings (SSSR count). The average Bonchev–Trinajstić information content (AvgIpc) is 2.55. The largest absolute Gasteiger partial charge is 0.351 e. The van der Waals surface area contributed by atoms with Crippen molar-refractivity contribution >= 4 is 5.91 Å². The Hall–Kier alpha value is -2.27. The van der Waals surface area contributed by atoms with E-state index in [4.69, 9.17) is 0 Å². The van der Waals surface area contributed by atoms with Gasteiger partial charge >= 0.3 is 0 Å². The predicted octanol–water partition coefficient (Wildman–Crippen LogP) is 2.82. The lowest BCUT2D eigenvalue weighted by atomic mass is 10.0. The molecule has 0 spiro atoms. The summed E-state index contributed by atoms with van der Waals surface area (Å²) in [6.07, 6.45) is 1.74. The number of halogens is 1. The van der Waals surface area contributed by atoms with Gasteiger partial charge < -0.3 is 5.32 Å². The quantitative estimate of drug-likeness (QED) is 0.826. The smallest absolute Gasteiger partial charge is 0.234 e. The first-order chi connectivity index (χ1) is 11.1. The third-order valence-corrected chi connectivity index (χ3v) is 3.59. The highest BCUT2D eigenvalue weighted by Crippen LogP contribution is 2.18. The molecule has 0 aliphatic heterocycles. The van der Waals surface area contributed by atoms with Gasteiger partial charge in [0.1, 0.15) is 5.82 Å². The molecule has 1 unspecified atom stereocenters. The van der Waals surface area contributed by atoms with Crippen LogP contribution >= 0.6 is 0 Å². The number of nitrogens with one attached hydrogen (secondary N) is 2. The van der Waals surface area contributed by atoms with Crippen molar-refractivity contribution < 1.29 is 9.18 Å². The van der Waals surface area contributed by atoms with Gasteiger partial charge in [-0.15, -0.1) is 0 Å². The summed E-state index contributed by atoms with van der Waals surface area (Å²) in [5, 5.41) is 5.94. The Morgan fingerprint density at radius 1 is 1.17 bits per heavy atom. The van der Waals surface area contributed by atoms with Crippen molar-refractivity contribution in [3.8, 4) is 0 Å². The first-order valence-electron chi connectivity index (χ1n) is 7.72. The number of benzene rings is 1. The summed E-state index contributed by atoms with van der Waals surface area (Å²) in [4.78, 5) is 16.3. The van der Waals surface area contributed by atoms with Crippen LogP contribution in [0.3, 0.4) is 0 Å². The van der Waals surface area contributed by atoms with Crippen LogP contribution in [0.1, 0.15) is 31.1 Å². The number of hydrogen-bond acceptors (Lipinski definition) is 3. The van der Waals surface area contributed by atoms with E-state index >= 15 is 0 Å². The van der Waals surface area contributed by atoms with E-state index in [9.17, 15) is 9.18 Å². The number of pyridine rings is 1. The number of carbonyl (C=O) groups is 1. The summed E-state index contributed by atoms with van der Waals surface area (Å²) in [5.41, 5.74) is 1.38. The molecule has 0 radical (unpaired) electrons. The molecule has 4 nitrogen and oxygen atoms in total. The summed E-state index contributed by atoms with van der Waals surface area (Å²) < 4.78 is 13.5. The molecule has 1 aromatic heterocycles. The first kappa shape index (κ1) is 17.1. The van der Waals surface area contributed by atoms with E-state index in [0.29, 0.717) is 11.5 Å². The van der Waals surface area contributed by atoms with Crippen molar-refractivity contribution in [2.75, 3.05) is 6.54 Å². The van der Waals surface area contributed by atoms with Gasteiger partial charge in [-0.2, -0.15) is 0 Å². The van der Waals surface area contributed by atoms with Gasteiger partial charge in [-0.1, -0.05) is 38.1 Å². The molecule has 122 valence electrons. The Morgan fingerprint density at radius 3 is 2.57 bits per heavy atom. The van der Waals surface area contributed by atoms with Crippen molar-refractivity contribution in [1.82, 2.24) is 15.6 Å². The van der Waals surface area contributed by atoms with Gasteiger partial charge in [0.25, 0.3) is 0 Å². The second-order valence-corrected chi connectivity index (χ2v) is 5.73. The van der Waals surface area contributed by atoms with Crippen LogP contribution in [0, 0.1) is 11.7 Å². The highest BCUT2D eigenvalue weighted by Gasteiger charge is 2.17. The highest BCUT2D eigenvalue weighted by atomic mass is 19.1. The number of nitrogens with zero attached hydrogens (tertiary/aromatic N) is 1. The van der Waals surface area contributed by atoms with Crippen molar-refractivity contribution in [1.29, 1.82) is 0 Å². The van der Waals surface area contributed by atoms with Crippen LogP contribution in [0.4, 0.5) is 4.39 Å². The fourth-order valence-electron chi connectivity index (χ4n) is 2.34. The van der Waals surface area contributed by atoms with Gasteiger partial charge in [-0.25, -0.2) is 4.39 Å². The molecule has 0 saturated heterocycles. The number of hydrogen-bond donors (Lipinski definition) is 2. The highest BCUT2D eigenvalue weighted by molar-refractivity contribution is 5.78. The van der Waals surface area contributed by atoms with E-state index < -0.39 is 0 Å². The zero-order chi connectivity index (χ0) is 16.7. The average molecular weight is 315 g/mol. The SMILES string of the molecule is CC(C)C(NCC(=O)NCc1ccccc1F)c1ccccn1. The normalized spacial score (nSPS) is 12.2. The molecule has 1 atom stereocenters. The number of carbonyl (C=O) groups excluding carboxylic acids is 1. The summed E-state index contributed by atoms with van der Waals surface area (Å²) in [5.74, 6) is -0.187. The molecule has 23 heavy (non-hydrogen) atoms. The fraction of sp³-hybridized carbons (Fsp3) is 0.333. The number of aromatic nitrogens is 1. The van der Waals surface area contributed by atoms with Crippen LogP contribution in [-0.4, -0.2) is 17.4 Å². The zero-order valence-electron chi connectivity index (χ0n) is 13.4. The molecule has 0 aliphatic carbocycles. The van der Waals surface area contributed by atoms with Gasteiger partial charge in [0, 0.05) is 18.3 Å². The number of amides is 1. The molecule has 0 fully saturated rings. The van der Waals surface area contributed by atoms with Gasteiger partial charge in [0.15, 0.2) is 0 Å². The van der Waals surface area contributed by atoms with E-state index in [0.717, 1.165) is 5.69 Å². The zero-order valence-corrected chi connectivity index (χ0v) is 13.4. The summed E-state index contributed by atoms with van der Waals surface area (Å²) in [6.45, 7) is 4.49. The summed E-state index contributed by atoms with van der Waals surface area (Å²) in [6, 6.07) is 12.1. The topological polar surface area (TPSA) is 54.0 Å². The molecule has 0 aliphatic rings. The van der Waals surface area contributed by atoms with Gasteiger partial charge in [0.2, 0.25) is 5.91 Å². The Balaban J connectivity index is 1.86. The monoisotopic (exact) mass is 315 g/mol. The van der Waals surface area contributed by atoms with Crippen LogP contribution in [0.25, 0.3) is 0 Å². The molecule has 1 amide bonds. The maximum absolute atomic E-state index is 13.5. The first-order valence-corrected chi connectivity index (χ1v) is 7.72. The molecule has 1 aromatic carbocycles. The standard InChI is InChI=1S/C18H22FN3O/c1-13(2)18(16-9-5-6-10-20-16)22-12-17(23)21-11-14-7-3-4-8-15(14)19/h3-10,13,18,22H,11-12H2,1-2H3,(H,21,23). The Bertz CT molecular complexity index is 631. The Labute approximate surface area is 136 Å². The molecule has 0 bridgehead atoms. The molecular formula is C18H22FN3O. The van der Waals surface area contributed by atoms with E-state index in [1.165, 1.54) is 6.07 Å². The van der Waals surface area contributed by atoms with E-state index in [1.807, 2.05) is 18.2 Å². The summed E-state index contributed by atoms with van der Waals surface area (Å²) >= 11 is 0. The molecule has 2 N–H and O–H groups in total. The van der Waals surface area contributed by atoms with Crippen molar-refractivity contribution in [2.45, 2.75) is 26.4 Å². The van der Waals surface area contributed by atoms with E-state index in [1.54, 1.807) is 24.4 Å². The fourth-order valence-corrected chi connectivity index (χ4v) is 2.34. The van der Waals surface area contributed by atoms with Crippen molar-refractivity contribution in [3.63, 3.8) is 0 Å². The van der Waals surface area contributed by atoms with Crippen LogP contribution in [0.2, 0.25) is 0 Å². The molecule has 2 aromatic rings. The summed E-state index contributed by atoms with van der Waals surface area (Å²) in [7, 11) is 0. The Morgan fingerprint density at radius 2 is 1.91 bits per heavy atom. The molecular weight excluding hydrogens is 293 g/mol. The minimum atomic E-state index is -0.311. The predicted molar refractivity (Wildman–Crippen MR) is 88.1 cm³/mol. The van der Waals surface area contributed by atoms with Crippen LogP contribution in [0.15, 0.2) is 48.7 Å². The van der Waals surface area contributed by atoms with E-state index in [2.05, 4.69) is 29.5 Å². The molecule has 5 heteroatoms. The maximum Gasteiger partial charge on any atom is 0.234 e.